The molecule has 2 aromatic heterocycles. The Morgan fingerprint density at radius 3 is 2.91 bits per heavy atom. The lowest BCUT2D eigenvalue weighted by molar-refractivity contribution is 0.177. The van der Waals surface area contributed by atoms with Crippen molar-refractivity contribution in [1.29, 1.82) is 0 Å². The van der Waals surface area contributed by atoms with Crippen LogP contribution in [0.2, 0.25) is 5.02 Å². The summed E-state index contributed by atoms with van der Waals surface area (Å²) in [6, 6.07) is 3.74. The lowest BCUT2D eigenvalue weighted by Gasteiger charge is -2.16. The third-order valence-electron chi connectivity index (χ3n) is 3.37. The average Bonchev–Trinajstić information content (AvgIpc) is 2.53. The number of anilines is 1. The Kier molecular flexibility index (Phi) is 6.70. The molecule has 0 fully saturated rings. The van der Waals surface area contributed by atoms with Crippen LogP contribution in [0.25, 0.3) is 0 Å². The van der Waals surface area contributed by atoms with Gasteiger partial charge in [0.15, 0.2) is 5.82 Å². The molecule has 2 N–H and O–H groups in total. The molecular weight excluding hydrogens is 316 g/mol. The smallest absolute Gasteiger partial charge is 0.156 e. The first-order valence-electron chi connectivity index (χ1n) is 7.39. The zero-order valence-corrected chi connectivity index (χ0v) is 14.0. The number of aliphatic hydroxyl groups excluding tert-OH is 1. The van der Waals surface area contributed by atoms with Gasteiger partial charge in [-0.15, -0.1) is 0 Å². The lowest BCUT2D eigenvalue weighted by Crippen LogP contribution is -2.21. The molecule has 0 aliphatic heterocycles. The fourth-order valence-electron chi connectivity index (χ4n) is 2.24. The van der Waals surface area contributed by atoms with Crippen LogP contribution in [0.4, 0.5) is 5.82 Å². The normalized spacial score (nSPS) is 12.2. The second-order valence-corrected chi connectivity index (χ2v) is 5.75. The number of hydrogen-bond acceptors (Lipinski definition) is 6. The first-order chi connectivity index (χ1) is 11.1. The number of hydrogen-bond donors (Lipinski definition) is 2. The van der Waals surface area contributed by atoms with E-state index in [4.69, 9.17) is 16.3 Å². The maximum atomic E-state index is 9.60. The van der Waals surface area contributed by atoms with Gasteiger partial charge in [0.1, 0.15) is 12.4 Å². The highest BCUT2D eigenvalue weighted by Crippen LogP contribution is 2.18. The second kappa shape index (κ2) is 8.76. The Bertz CT molecular complexity index is 639. The Morgan fingerprint density at radius 2 is 2.22 bits per heavy atom. The summed E-state index contributed by atoms with van der Waals surface area (Å²) in [4.78, 5) is 12.7. The van der Waals surface area contributed by atoms with Gasteiger partial charge in [-0.2, -0.15) is 0 Å². The second-order valence-electron chi connectivity index (χ2n) is 5.34. The zero-order valence-electron chi connectivity index (χ0n) is 13.3. The van der Waals surface area contributed by atoms with Crippen molar-refractivity contribution in [3.63, 3.8) is 0 Å². The van der Waals surface area contributed by atoms with E-state index in [0.717, 1.165) is 17.1 Å². The van der Waals surface area contributed by atoms with E-state index in [0.29, 0.717) is 30.4 Å². The molecule has 0 aromatic carbocycles. The van der Waals surface area contributed by atoms with Crippen LogP contribution in [0.1, 0.15) is 17.1 Å². The van der Waals surface area contributed by atoms with E-state index >= 15 is 0 Å². The van der Waals surface area contributed by atoms with Crippen LogP contribution in [0.5, 0.6) is 0 Å². The highest BCUT2D eigenvalue weighted by molar-refractivity contribution is 6.31. The van der Waals surface area contributed by atoms with Crippen molar-refractivity contribution in [3.05, 3.63) is 46.6 Å². The Hall–Kier alpha value is -1.76. The van der Waals surface area contributed by atoms with Crippen molar-refractivity contribution in [3.8, 4) is 0 Å². The Balaban J connectivity index is 1.99. The summed E-state index contributed by atoms with van der Waals surface area (Å²) in [5.74, 6) is 1.38. The van der Waals surface area contributed by atoms with Crippen molar-refractivity contribution < 1.29 is 9.84 Å². The van der Waals surface area contributed by atoms with Gasteiger partial charge in [0.05, 0.1) is 5.02 Å². The zero-order chi connectivity index (χ0) is 16.7. The largest absolute Gasteiger partial charge is 0.396 e. The molecule has 0 spiro atoms. The van der Waals surface area contributed by atoms with Gasteiger partial charge in [-0.25, -0.2) is 9.97 Å². The molecule has 6 nitrogen and oxygen atoms in total. The van der Waals surface area contributed by atoms with Crippen LogP contribution in [-0.2, 0) is 17.8 Å². The molecule has 2 rings (SSSR count). The molecule has 1 atom stereocenters. The van der Waals surface area contributed by atoms with Gasteiger partial charge in [-0.05, 0) is 25.0 Å². The number of methoxy groups -OCH3 is 1. The van der Waals surface area contributed by atoms with E-state index < -0.39 is 0 Å². The van der Waals surface area contributed by atoms with Crippen LogP contribution in [0.3, 0.4) is 0 Å². The molecule has 124 valence electrons. The lowest BCUT2D eigenvalue weighted by atomic mass is 10.0. The van der Waals surface area contributed by atoms with Crippen molar-refractivity contribution in [2.75, 3.05) is 25.6 Å². The van der Waals surface area contributed by atoms with E-state index in [1.54, 1.807) is 19.5 Å². The van der Waals surface area contributed by atoms with Crippen LogP contribution in [-0.4, -0.2) is 40.3 Å². The molecular formula is C16H21ClN4O2. The van der Waals surface area contributed by atoms with Gasteiger partial charge < -0.3 is 15.2 Å². The fourth-order valence-corrected chi connectivity index (χ4v) is 2.44. The van der Waals surface area contributed by atoms with E-state index in [1.165, 1.54) is 0 Å². The summed E-state index contributed by atoms with van der Waals surface area (Å²) in [6.45, 7) is 2.91. The minimum atomic E-state index is 0.0241. The standard InChI is InChI=1S/C16H21ClN4O2/c1-11-5-15(21-16(20-11)10-23-2)19-7-12(9-22)6-13-3-4-18-8-14(13)17/h3-5,8,12,22H,6-7,9-10H2,1-2H3,(H,19,20,21). The van der Waals surface area contributed by atoms with E-state index in [1.807, 2.05) is 19.1 Å². The van der Waals surface area contributed by atoms with Gasteiger partial charge >= 0.3 is 0 Å². The molecule has 2 heterocycles. The van der Waals surface area contributed by atoms with Crippen molar-refractivity contribution in [2.45, 2.75) is 20.0 Å². The highest BCUT2D eigenvalue weighted by atomic mass is 35.5. The number of nitrogens with zero attached hydrogens (tertiary/aromatic N) is 3. The molecule has 23 heavy (non-hydrogen) atoms. The molecule has 0 aliphatic rings. The van der Waals surface area contributed by atoms with Crippen molar-refractivity contribution in [2.24, 2.45) is 5.92 Å². The maximum Gasteiger partial charge on any atom is 0.156 e. The molecule has 0 saturated heterocycles. The predicted molar refractivity (Wildman–Crippen MR) is 89.5 cm³/mol. The Morgan fingerprint density at radius 1 is 1.39 bits per heavy atom. The number of rotatable bonds is 8. The molecule has 0 amide bonds. The summed E-state index contributed by atoms with van der Waals surface area (Å²) < 4.78 is 5.06. The molecule has 2 aromatic rings. The molecule has 0 aliphatic carbocycles. The summed E-state index contributed by atoms with van der Waals surface area (Å²) in [6.07, 6.45) is 3.98. The van der Waals surface area contributed by atoms with E-state index in [-0.39, 0.29) is 12.5 Å². The summed E-state index contributed by atoms with van der Waals surface area (Å²) in [5, 5.41) is 13.5. The molecule has 0 radical (unpaired) electrons. The van der Waals surface area contributed by atoms with Crippen LogP contribution in [0, 0.1) is 12.8 Å². The number of aliphatic hydroxyl groups is 1. The number of halogens is 1. The topological polar surface area (TPSA) is 80.2 Å². The van der Waals surface area contributed by atoms with E-state index in [2.05, 4.69) is 20.3 Å². The van der Waals surface area contributed by atoms with Gasteiger partial charge in [0.2, 0.25) is 0 Å². The summed E-state index contributed by atoms with van der Waals surface area (Å²) >= 11 is 6.12. The number of aromatic nitrogens is 3. The quantitative estimate of drug-likeness (QED) is 0.769. The number of nitrogens with one attached hydrogen (secondary N) is 1. The third-order valence-corrected chi connectivity index (χ3v) is 3.71. The minimum Gasteiger partial charge on any atom is -0.396 e. The molecule has 7 heteroatoms. The Labute approximate surface area is 140 Å². The van der Waals surface area contributed by atoms with Gasteiger partial charge in [-0.3, -0.25) is 4.98 Å². The maximum absolute atomic E-state index is 9.60. The third kappa shape index (κ3) is 5.42. The number of aryl methyl sites for hydroxylation is 1. The number of ether oxygens (including phenoxy) is 1. The SMILES string of the molecule is COCc1nc(C)cc(NCC(CO)Cc2ccncc2Cl)n1. The van der Waals surface area contributed by atoms with Crippen LogP contribution < -0.4 is 5.32 Å². The summed E-state index contributed by atoms with van der Waals surface area (Å²) in [7, 11) is 1.61. The number of pyridine rings is 1. The highest BCUT2D eigenvalue weighted by Gasteiger charge is 2.12. The monoisotopic (exact) mass is 336 g/mol. The minimum absolute atomic E-state index is 0.0241. The fraction of sp³-hybridized carbons (Fsp3) is 0.438. The first kappa shape index (κ1) is 17.6. The van der Waals surface area contributed by atoms with Crippen LogP contribution in [0.15, 0.2) is 24.5 Å². The van der Waals surface area contributed by atoms with Crippen molar-refractivity contribution >= 4 is 17.4 Å². The van der Waals surface area contributed by atoms with E-state index in [9.17, 15) is 5.11 Å². The predicted octanol–water partition coefficient (Wildman–Crippen LogP) is 2.24. The van der Waals surface area contributed by atoms with Gasteiger partial charge in [0.25, 0.3) is 0 Å². The first-order valence-corrected chi connectivity index (χ1v) is 7.76. The molecule has 0 saturated carbocycles. The van der Waals surface area contributed by atoms with Gasteiger partial charge in [0, 0.05) is 50.3 Å². The average molecular weight is 337 g/mol. The van der Waals surface area contributed by atoms with Crippen LogP contribution >= 0.6 is 11.6 Å². The van der Waals surface area contributed by atoms with Gasteiger partial charge in [-0.1, -0.05) is 11.6 Å². The molecule has 0 bridgehead atoms. The van der Waals surface area contributed by atoms with Crippen molar-refractivity contribution in [1.82, 2.24) is 15.0 Å². The molecule has 1 unspecified atom stereocenters. The summed E-state index contributed by atoms with van der Waals surface area (Å²) in [5.41, 5.74) is 1.84.